The highest BCUT2D eigenvalue weighted by Crippen LogP contribution is 2.47. The zero-order chi connectivity index (χ0) is 41.6. The molecule has 0 radical (unpaired) electrons. The third-order valence-corrected chi connectivity index (χ3v) is 12.7. The van der Waals surface area contributed by atoms with Gasteiger partial charge in [-0.3, -0.25) is 0 Å². The van der Waals surface area contributed by atoms with E-state index in [0.29, 0.717) is 0 Å². The van der Waals surface area contributed by atoms with Crippen LogP contribution in [0, 0.1) is 0 Å². The van der Waals surface area contributed by atoms with Gasteiger partial charge in [0.05, 0.1) is 0 Å². The summed E-state index contributed by atoms with van der Waals surface area (Å²) in [5.74, 6) is 0. The number of hydrogen-bond acceptors (Lipinski definition) is 0. The van der Waals surface area contributed by atoms with E-state index in [0.717, 1.165) is 0 Å². The van der Waals surface area contributed by atoms with Gasteiger partial charge in [0.25, 0.3) is 0 Å². The van der Waals surface area contributed by atoms with Gasteiger partial charge in [-0.2, -0.15) is 0 Å². The van der Waals surface area contributed by atoms with Crippen molar-refractivity contribution in [1.29, 1.82) is 0 Å². The lowest BCUT2D eigenvalue weighted by atomic mass is 9.83. The van der Waals surface area contributed by atoms with Crippen LogP contribution in [0.15, 0.2) is 231 Å². The number of rotatable bonds is 5. The predicted molar refractivity (Wildman–Crippen MR) is 270 cm³/mol. The first kappa shape index (κ1) is 37.2. The molecule has 0 atom stereocenters. The lowest BCUT2D eigenvalue weighted by Crippen LogP contribution is -1.93. The lowest BCUT2D eigenvalue weighted by Gasteiger charge is -2.20. The largest absolute Gasteiger partial charge is 0.0683 e. The minimum Gasteiger partial charge on any atom is -0.0683 e. The van der Waals surface area contributed by atoms with Gasteiger partial charge in [-0.15, -0.1) is 0 Å². The van der Waals surface area contributed by atoms with Crippen molar-refractivity contribution in [3.8, 4) is 55.6 Å². The summed E-state index contributed by atoms with van der Waals surface area (Å²) in [6, 6.07) is 85.2. The molecule has 0 amide bonds. The van der Waals surface area contributed by atoms with Crippen LogP contribution in [0.1, 0.15) is 13.8 Å². The molecule has 0 bridgehead atoms. The van der Waals surface area contributed by atoms with Crippen molar-refractivity contribution in [3.05, 3.63) is 231 Å². The molecule has 12 aromatic carbocycles. The zero-order valence-electron chi connectivity index (χ0n) is 34.9. The van der Waals surface area contributed by atoms with E-state index in [4.69, 9.17) is 0 Å². The van der Waals surface area contributed by atoms with Gasteiger partial charge >= 0.3 is 0 Å². The molecule has 0 fully saturated rings. The Bertz CT molecular complexity index is 3620. The predicted octanol–water partition coefficient (Wildman–Crippen LogP) is 18.0. The van der Waals surface area contributed by atoms with E-state index in [1.807, 2.05) is 13.8 Å². The molecular formula is C62H44. The van der Waals surface area contributed by atoms with Gasteiger partial charge in [-0.05, 0) is 132 Å². The number of hydrogen-bond donors (Lipinski definition) is 0. The molecule has 0 aromatic heterocycles. The topological polar surface area (TPSA) is 0 Å². The van der Waals surface area contributed by atoms with Crippen LogP contribution in [0.3, 0.4) is 0 Å². The fourth-order valence-electron chi connectivity index (χ4n) is 9.85. The lowest BCUT2D eigenvalue weighted by molar-refractivity contribution is 1.50. The summed E-state index contributed by atoms with van der Waals surface area (Å²) < 4.78 is 0. The van der Waals surface area contributed by atoms with Crippen LogP contribution < -0.4 is 0 Å². The second kappa shape index (κ2) is 15.7. The summed E-state index contributed by atoms with van der Waals surface area (Å²) in [4.78, 5) is 0. The highest BCUT2D eigenvalue weighted by molar-refractivity contribution is 6.23. The van der Waals surface area contributed by atoms with Crippen LogP contribution in [0.25, 0.3) is 120 Å². The van der Waals surface area contributed by atoms with Gasteiger partial charge < -0.3 is 0 Å². The summed E-state index contributed by atoms with van der Waals surface area (Å²) in [6.07, 6.45) is 0. The smallest absolute Gasteiger partial charge is 0.00261 e. The van der Waals surface area contributed by atoms with Crippen molar-refractivity contribution in [2.75, 3.05) is 0 Å². The van der Waals surface area contributed by atoms with E-state index in [1.54, 1.807) is 0 Å². The number of benzene rings is 12. The summed E-state index contributed by atoms with van der Waals surface area (Å²) in [5.41, 5.74) is 12.3. The van der Waals surface area contributed by atoms with Crippen molar-refractivity contribution in [2.24, 2.45) is 0 Å². The minimum absolute atomic E-state index is 1.21. The van der Waals surface area contributed by atoms with Gasteiger partial charge in [0.15, 0.2) is 0 Å². The molecule has 292 valence electrons. The second-order valence-corrected chi connectivity index (χ2v) is 16.0. The Morgan fingerprint density at radius 2 is 0.565 bits per heavy atom. The molecular weight excluding hydrogens is 745 g/mol. The van der Waals surface area contributed by atoms with Crippen LogP contribution in [0.2, 0.25) is 0 Å². The molecule has 0 spiro atoms. The number of fused-ring (bicyclic) bond motifs is 7. The summed E-state index contributed by atoms with van der Waals surface area (Å²) >= 11 is 0. The van der Waals surface area contributed by atoms with Crippen molar-refractivity contribution in [2.45, 2.75) is 13.8 Å². The Morgan fingerprint density at radius 1 is 0.194 bits per heavy atom. The van der Waals surface area contributed by atoms with E-state index >= 15 is 0 Å². The summed E-state index contributed by atoms with van der Waals surface area (Å²) in [5, 5.41) is 15.1. The van der Waals surface area contributed by atoms with Crippen molar-refractivity contribution in [3.63, 3.8) is 0 Å². The van der Waals surface area contributed by atoms with E-state index in [2.05, 4.69) is 231 Å². The molecule has 62 heavy (non-hydrogen) atoms. The molecule has 0 heteroatoms. The van der Waals surface area contributed by atoms with Crippen LogP contribution in [0.5, 0.6) is 0 Å². The van der Waals surface area contributed by atoms with Crippen LogP contribution in [-0.4, -0.2) is 0 Å². The summed E-state index contributed by atoms with van der Waals surface area (Å²) in [7, 11) is 0. The third kappa shape index (κ3) is 6.23. The first-order valence-corrected chi connectivity index (χ1v) is 21.8. The van der Waals surface area contributed by atoms with E-state index in [1.165, 1.54) is 120 Å². The molecule has 12 aromatic rings. The molecule has 0 aliphatic rings. The SMILES string of the molecule is CC.c1ccc2c(-c3ccc(-c4c5ccccc5c(-c5ccc(-c6cccc7ccccc67)cc5)c5cc(-c6cc7ccccc7c7ccccc67)ccc45)cc3)cccc2c1. The van der Waals surface area contributed by atoms with E-state index < -0.39 is 0 Å². The fourth-order valence-corrected chi connectivity index (χ4v) is 9.85. The van der Waals surface area contributed by atoms with Gasteiger partial charge in [0, 0.05) is 0 Å². The second-order valence-electron chi connectivity index (χ2n) is 16.0. The van der Waals surface area contributed by atoms with Crippen LogP contribution in [-0.2, 0) is 0 Å². The monoisotopic (exact) mass is 788 g/mol. The standard InChI is InChI=1S/C60H38.C2H6/c1-4-18-47-39(13-1)16-11-25-49(47)41-27-31-43(32-28-41)59-54-23-9-10-24-55(54)60(44-33-29-42(30-34-44)50-26-12-17-40-14-2-5-19-48(40)50)58-38-46(35-36-56(58)59)57-37-45-15-3-6-20-51(45)52-21-7-8-22-53(52)57;1-2/h1-38H;1-2H3. The maximum Gasteiger partial charge on any atom is -0.00261 e. The van der Waals surface area contributed by atoms with Crippen molar-refractivity contribution in [1.82, 2.24) is 0 Å². The Kier molecular flexibility index (Phi) is 9.40. The minimum atomic E-state index is 1.21. The zero-order valence-corrected chi connectivity index (χ0v) is 34.9. The Balaban J connectivity index is 0.00000213. The summed E-state index contributed by atoms with van der Waals surface area (Å²) in [6.45, 7) is 4.00. The first-order valence-electron chi connectivity index (χ1n) is 21.8. The highest BCUT2D eigenvalue weighted by atomic mass is 14.2. The molecule has 12 rings (SSSR count). The van der Waals surface area contributed by atoms with Crippen LogP contribution >= 0.6 is 0 Å². The van der Waals surface area contributed by atoms with E-state index in [9.17, 15) is 0 Å². The normalized spacial score (nSPS) is 11.4. The third-order valence-electron chi connectivity index (χ3n) is 12.7. The Hall–Kier alpha value is -7.80. The molecule has 0 nitrogen and oxygen atoms in total. The van der Waals surface area contributed by atoms with E-state index in [-0.39, 0.29) is 0 Å². The quantitative estimate of drug-likeness (QED) is 0.120. The Morgan fingerprint density at radius 3 is 1.11 bits per heavy atom. The molecule has 0 unspecified atom stereocenters. The van der Waals surface area contributed by atoms with Crippen molar-refractivity contribution >= 4 is 64.6 Å². The average Bonchev–Trinajstić information content (AvgIpc) is 3.35. The molecule has 0 heterocycles. The maximum absolute atomic E-state index is 2.46. The molecule has 0 saturated heterocycles. The molecule has 0 aliphatic heterocycles. The van der Waals surface area contributed by atoms with Gasteiger partial charge in [-0.1, -0.05) is 232 Å². The molecule has 0 aliphatic carbocycles. The Labute approximate surface area is 363 Å². The average molecular weight is 789 g/mol. The first-order chi connectivity index (χ1) is 30.8. The van der Waals surface area contributed by atoms with Gasteiger partial charge in [-0.25, -0.2) is 0 Å². The van der Waals surface area contributed by atoms with Crippen LogP contribution in [0.4, 0.5) is 0 Å². The highest BCUT2D eigenvalue weighted by Gasteiger charge is 2.19. The molecule has 0 N–H and O–H groups in total. The molecule has 0 saturated carbocycles. The van der Waals surface area contributed by atoms with Gasteiger partial charge in [0.2, 0.25) is 0 Å². The maximum atomic E-state index is 2.46. The van der Waals surface area contributed by atoms with Crippen molar-refractivity contribution < 1.29 is 0 Å². The van der Waals surface area contributed by atoms with Gasteiger partial charge in [0.1, 0.15) is 0 Å². The fraction of sp³-hybridized carbons (Fsp3) is 0.0323.